The summed E-state index contributed by atoms with van der Waals surface area (Å²) in [5, 5.41) is 0. The van der Waals surface area contributed by atoms with Gasteiger partial charge in [0.25, 0.3) is 0 Å². The lowest BCUT2D eigenvalue weighted by molar-refractivity contribution is -0.247. The van der Waals surface area contributed by atoms with Crippen molar-refractivity contribution in [3.05, 3.63) is 29.8 Å². The Kier molecular flexibility index (Phi) is 5.47. The van der Waals surface area contributed by atoms with Gasteiger partial charge in [0.2, 0.25) is 0 Å². The molecule has 0 aromatic heterocycles. The number of halogens is 1. The molecule has 0 amide bonds. The van der Waals surface area contributed by atoms with Gasteiger partial charge in [0.1, 0.15) is 5.75 Å². The van der Waals surface area contributed by atoms with Gasteiger partial charge < -0.3 is 14.2 Å². The summed E-state index contributed by atoms with van der Waals surface area (Å²) >= 11 is 2.42. The first-order valence-corrected chi connectivity index (χ1v) is 8.15. The second-order valence-corrected chi connectivity index (χ2v) is 6.03. The van der Waals surface area contributed by atoms with Crippen LogP contribution in [0.25, 0.3) is 0 Å². The van der Waals surface area contributed by atoms with E-state index in [-0.39, 0.29) is 12.4 Å². The van der Waals surface area contributed by atoms with E-state index in [1.807, 2.05) is 24.3 Å². The highest BCUT2D eigenvalue weighted by atomic mass is 127. The van der Waals surface area contributed by atoms with E-state index < -0.39 is 0 Å². The molecule has 4 unspecified atom stereocenters. The van der Waals surface area contributed by atoms with Crippen LogP contribution in [0.5, 0.6) is 5.75 Å². The molecule has 19 heavy (non-hydrogen) atoms. The molecule has 1 saturated heterocycles. The van der Waals surface area contributed by atoms with Crippen LogP contribution in [-0.4, -0.2) is 24.2 Å². The molecule has 0 bridgehead atoms. The Morgan fingerprint density at radius 2 is 2.05 bits per heavy atom. The molecule has 0 N–H and O–H groups in total. The van der Waals surface area contributed by atoms with E-state index in [1.165, 1.54) is 0 Å². The van der Waals surface area contributed by atoms with Crippen molar-refractivity contribution in [2.24, 2.45) is 11.8 Å². The molecular weight excluding hydrogens is 355 g/mol. The predicted molar refractivity (Wildman–Crippen MR) is 83.8 cm³/mol. The molecule has 106 valence electrons. The Hall–Kier alpha value is -0.330. The van der Waals surface area contributed by atoms with Crippen LogP contribution in [0.4, 0.5) is 0 Å². The first kappa shape index (κ1) is 15.1. The summed E-state index contributed by atoms with van der Waals surface area (Å²) in [4.78, 5) is 0. The third-order valence-corrected chi connectivity index (χ3v) is 4.93. The van der Waals surface area contributed by atoms with Crippen LogP contribution in [0.2, 0.25) is 0 Å². The molecule has 1 heterocycles. The maximum absolute atomic E-state index is 6.14. The van der Waals surface area contributed by atoms with Gasteiger partial charge in [-0.05, 0) is 18.1 Å². The van der Waals surface area contributed by atoms with E-state index in [0.29, 0.717) is 11.8 Å². The number of benzene rings is 1. The Balaban J connectivity index is 2.08. The van der Waals surface area contributed by atoms with Crippen LogP contribution < -0.4 is 4.74 Å². The van der Waals surface area contributed by atoms with Gasteiger partial charge in [0.15, 0.2) is 6.29 Å². The highest BCUT2D eigenvalue weighted by Gasteiger charge is 2.33. The first-order chi connectivity index (χ1) is 9.15. The maximum Gasteiger partial charge on any atom is 0.184 e. The maximum atomic E-state index is 6.14. The van der Waals surface area contributed by atoms with Crippen molar-refractivity contribution in [1.82, 2.24) is 0 Å². The second-order valence-electron chi connectivity index (χ2n) is 5.15. The largest absolute Gasteiger partial charge is 0.497 e. The molecule has 1 aromatic rings. The fourth-order valence-electron chi connectivity index (χ4n) is 2.37. The van der Waals surface area contributed by atoms with E-state index in [9.17, 15) is 0 Å². The minimum Gasteiger partial charge on any atom is -0.497 e. The molecule has 4 atom stereocenters. The van der Waals surface area contributed by atoms with Crippen molar-refractivity contribution in [3.8, 4) is 5.75 Å². The average molecular weight is 376 g/mol. The van der Waals surface area contributed by atoms with Gasteiger partial charge in [-0.25, -0.2) is 0 Å². The smallest absolute Gasteiger partial charge is 0.184 e. The molecule has 1 aliphatic heterocycles. The zero-order chi connectivity index (χ0) is 13.8. The molecular formula is C15H21IO3. The van der Waals surface area contributed by atoms with E-state index in [0.717, 1.165) is 22.3 Å². The fourth-order valence-corrected chi connectivity index (χ4v) is 2.87. The summed E-state index contributed by atoms with van der Waals surface area (Å²) in [6.45, 7) is 5.18. The van der Waals surface area contributed by atoms with Crippen LogP contribution in [0.15, 0.2) is 24.3 Å². The first-order valence-electron chi connectivity index (χ1n) is 6.62. The molecule has 1 aromatic carbocycles. The Morgan fingerprint density at radius 1 is 1.37 bits per heavy atom. The molecule has 1 fully saturated rings. The highest BCUT2D eigenvalue weighted by molar-refractivity contribution is 14.1. The van der Waals surface area contributed by atoms with Crippen molar-refractivity contribution in [3.63, 3.8) is 0 Å². The molecule has 3 nitrogen and oxygen atoms in total. The van der Waals surface area contributed by atoms with Crippen LogP contribution in [-0.2, 0) is 9.47 Å². The SMILES string of the molecule is COc1ccc(C2OCC(C)C(C(C)CI)O2)cc1. The summed E-state index contributed by atoms with van der Waals surface area (Å²) in [6, 6.07) is 7.89. The molecule has 4 heteroatoms. The zero-order valence-electron chi connectivity index (χ0n) is 11.6. The van der Waals surface area contributed by atoms with Crippen LogP contribution in [0.1, 0.15) is 25.7 Å². The standard InChI is InChI=1S/C15H21IO3/c1-10(8-16)14-11(2)9-18-15(19-14)12-4-6-13(17-3)7-5-12/h4-7,10-11,14-15H,8-9H2,1-3H3. The second kappa shape index (κ2) is 6.90. The van der Waals surface area contributed by atoms with Crippen LogP contribution >= 0.6 is 22.6 Å². The van der Waals surface area contributed by atoms with Crippen LogP contribution in [0.3, 0.4) is 0 Å². The summed E-state index contributed by atoms with van der Waals surface area (Å²) in [5.74, 6) is 1.84. The number of methoxy groups -OCH3 is 1. The minimum atomic E-state index is -0.252. The molecule has 0 aliphatic carbocycles. The van der Waals surface area contributed by atoms with Gasteiger partial charge in [-0.3, -0.25) is 0 Å². The lowest BCUT2D eigenvalue weighted by Gasteiger charge is -2.37. The zero-order valence-corrected chi connectivity index (χ0v) is 13.8. The number of alkyl halides is 1. The van der Waals surface area contributed by atoms with Crippen molar-refractivity contribution in [2.45, 2.75) is 26.2 Å². The number of rotatable bonds is 4. The third kappa shape index (κ3) is 3.61. The summed E-state index contributed by atoms with van der Waals surface area (Å²) in [5.41, 5.74) is 1.05. The van der Waals surface area contributed by atoms with E-state index in [2.05, 4.69) is 36.4 Å². The molecule has 1 aliphatic rings. The van der Waals surface area contributed by atoms with Gasteiger partial charge in [-0.1, -0.05) is 48.6 Å². The van der Waals surface area contributed by atoms with Gasteiger partial charge in [-0.2, -0.15) is 0 Å². The quantitative estimate of drug-likeness (QED) is 0.591. The van der Waals surface area contributed by atoms with Crippen LogP contribution in [0, 0.1) is 11.8 Å². The number of hydrogen-bond acceptors (Lipinski definition) is 3. The van der Waals surface area contributed by atoms with E-state index in [1.54, 1.807) is 7.11 Å². The fraction of sp³-hybridized carbons (Fsp3) is 0.600. The van der Waals surface area contributed by atoms with Crippen molar-refractivity contribution in [2.75, 3.05) is 18.1 Å². The lowest BCUT2D eigenvalue weighted by Crippen LogP contribution is -2.39. The predicted octanol–water partition coefficient (Wildman–Crippen LogP) is 3.82. The van der Waals surface area contributed by atoms with Gasteiger partial charge in [-0.15, -0.1) is 0 Å². The Bertz CT molecular complexity index is 389. The van der Waals surface area contributed by atoms with E-state index >= 15 is 0 Å². The van der Waals surface area contributed by atoms with Crippen molar-refractivity contribution in [1.29, 1.82) is 0 Å². The topological polar surface area (TPSA) is 27.7 Å². The van der Waals surface area contributed by atoms with Crippen molar-refractivity contribution >= 4 is 22.6 Å². The Labute approximate surface area is 128 Å². The molecule has 2 rings (SSSR count). The van der Waals surface area contributed by atoms with Gasteiger partial charge in [0, 0.05) is 15.9 Å². The van der Waals surface area contributed by atoms with Gasteiger partial charge >= 0.3 is 0 Å². The Morgan fingerprint density at radius 3 is 2.63 bits per heavy atom. The van der Waals surface area contributed by atoms with E-state index in [4.69, 9.17) is 14.2 Å². The van der Waals surface area contributed by atoms with Crippen molar-refractivity contribution < 1.29 is 14.2 Å². The molecule has 0 saturated carbocycles. The highest BCUT2D eigenvalue weighted by Crippen LogP contribution is 2.33. The number of hydrogen-bond donors (Lipinski definition) is 0. The summed E-state index contributed by atoms with van der Waals surface area (Å²) in [7, 11) is 1.67. The normalized spacial score (nSPS) is 28.9. The summed E-state index contributed by atoms with van der Waals surface area (Å²) < 4.78 is 18.2. The number of ether oxygens (including phenoxy) is 3. The average Bonchev–Trinajstić information content (AvgIpc) is 2.47. The third-order valence-electron chi connectivity index (χ3n) is 3.54. The minimum absolute atomic E-state index is 0.252. The molecule has 0 spiro atoms. The molecule has 0 radical (unpaired) electrons. The summed E-state index contributed by atoms with van der Waals surface area (Å²) in [6.07, 6.45) is 0.00950. The monoisotopic (exact) mass is 376 g/mol. The lowest BCUT2D eigenvalue weighted by atomic mass is 9.94. The van der Waals surface area contributed by atoms with Gasteiger partial charge in [0.05, 0.1) is 19.8 Å².